The van der Waals surface area contributed by atoms with Crippen molar-refractivity contribution in [2.75, 3.05) is 13.7 Å². The number of methoxy groups -OCH3 is 1. The SMILES string of the molecule is CCC(CCO)NCc1ccc2cccc(OC)c2n1. The summed E-state index contributed by atoms with van der Waals surface area (Å²) in [4.78, 5) is 4.66. The number of ether oxygens (including phenoxy) is 1. The fourth-order valence-electron chi connectivity index (χ4n) is 2.28. The fourth-order valence-corrected chi connectivity index (χ4v) is 2.28. The molecule has 0 amide bonds. The smallest absolute Gasteiger partial charge is 0.145 e. The monoisotopic (exact) mass is 274 g/mol. The topological polar surface area (TPSA) is 54.4 Å². The summed E-state index contributed by atoms with van der Waals surface area (Å²) in [5.41, 5.74) is 1.88. The van der Waals surface area contributed by atoms with Crippen molar-refractivity contribution in [1.82, 2.24) is 10.3 Å². The van der Waals surface area contributed by atoms with Crippen molar-refractivity contribution < 1.29 is 9.84 Å². The molecule has 2 rings (SSSR count). The van der Waals surface area contributed by atoms with E-state index in [1.165, 1.54) is 0 Å². The molecule has 0 saturated heterocycles. The average molecular weight is 274 g/mol. The summed E-state index contributed by atoms with van der Waals surface area (Å²) in [5, 5.41) is 13.5. The van der Waals surface area contributed by atoms with Crippen LogP contribution in [0.3, 0.4) is 0 Å². The molecule has 1 aromatic heterocycles. The molecule has 2 aromatic rings. The molecule has 2 N–H and O–H groups in total. The zero-order chi connectivity index (χ0) is 14.4. The number of benzene rings is 1. The van der Waals surface area contributed by atoms with E-state index in [4.69, 9.17) is 9.84 Å². The number of hydrogen-bond acceptors (Lipinski definition) is 4. The molecular formula is C16H22N2O2. The summed E-state index contributed by atoms with van der Waals surface area (Å²) in [5.74, 6) is 0.798. The van der Waals surface area contributed by atoms with Crippen molar-refractivity contribution in [3.8, 4) is 5.75 Å². The second-order valence-corrected chi connectivity index (χ2v) is 4.83. The van der Waals surface area contributed by atoms with Gasteiger partial charge in [0, 0.05) is 24.6 Å². The lowest BCUT2D eigenvalue weighted by atomic mass is 10.1. The molecule has 0 bridgehead atoms. The van der Waals surface area contributed by atoms with E-state index in [0.717, 1.165) is 35.2 Å². The average Bonchev–Trinajstić information content (AvgIpc) is 2.50. The van der Waals surface area contributed by atoms with Crippen LogP contribution in [0.25, 0.3) is 10.9 Å². The third-order valence-corrected chi connectivity index (χ3v) is 3.50. The molecule has 0 fully saturated rings. The summed E-state index contributed by atoms with van der Waals surface area (Å²) in [6, 6.07) is 10.3. The van der Waals surface area contributed by atoms with E-state index in [0.29, 0.717) is 12.6 Å². The second kappa shape index (κ2) is 7.22. The van der Waals surface area contributed by atoms with Crippen molar-refractivity contribution in [2.45, 2.75) is 32.4 Å². The predicted molar refractivity (Wildman–Crippen MR) is 80.9 cm³/mol. The first-order valence-electron chi connectivity index (χ1n) is 7.05. The molecule has 4 nitrogen and oxygen atoms in total. The molecule has 20 heavy (non-hydrogen) atoms. The minimum absolute atomic E-state index is 0.213. The van der Waals surface area contributed by atoms with Crippen molar-refractivity contribution >= 4 is 10.9 Å². The Morgan fingerprint density at radius 2 is 2.15 bits per heavy atom. The van der Waals surface area contributed by atoms with Gasteiger partial charge in [0.25, 0.3) is 0 Å². The Morgan fingerprint density at radius 1 is 1.30 bits per heavy atom. The number of aliphatic hydroxyl groups is 1. The maximum Gasteiger partial charge on any atom is 0.145 e. The Morgan fingerprint density at radius 3 is 2.85 bits per heavy atom. The van der Waals surface area contributed by atoms with Crippen LogP contribution in [-0.2, 0) is 6.54 Å². The maximum absolute atomic E-state index is 9.00. The Labute approximate surface area is 119 Å². The van der Waals surface area contributed by atoms with Gasteiger partial charge in [-0.2, -0.15) is 0 Å². The first kappa shape index (κ1) is 14.8. The quantitative estimate of drug-likeness (QED) is 0.814. The standard InChI is InChI=1S/C16H22N2O2/c1-3-13(9-10-19)17-11-14-8-7-12-5-4-6-15(20-2)16(12)18-14/h4-8,13,17,19H,3,9-11H2,1-2H3. The molecular weight excluding hydrogens is 252 g/mol. The van der Waals surface area contributed by atoms with Crippen molar-refractivity contribution in [3.05, 3.63) is 36.0 Å². The highest BCUT2D eigenvalue weighted by Crippen LogP contribution is 2.23. The highest BCUT2D eigenvalue weighted by atomic mass is 16.5. The molecule has 0 aliphatic rings. The number of nitrogens with one attached hydrogen (secondary N) is 1. The number of aromatic nitrogens is 1. The molecule has 0 saturated carbocycles. The zero-order valence-corrected chi connectivity index (χ0v) is 12.1. The molecule has 0 aliphatic carbocycles. The molecule has 1 unspecified atom stereocenters. The number of aliphatic hydroxyl groups excluding tert-OH is 1. The highest BCUT2D eigenvalue weighted by Gasteiger charge is 2.07. The number of pyridine rings is 1. The van der Waals surface area contributed by atoms with Gasteiger partial charge in [-0.05, 0) is 25.0 Å². The van der Waals surface area contributed by atoms with E-state index in [1.54, 1.807) is 7.11 Å². The van der Waals surface area contributed by atoms with Gasteiger partial charge >= 0.3 is 0 Å². The van der Waals surface area contributed by atoms with Crippen molar-refractivity contribution in [1.29, 1.82) is 0 Å². The van der Waals surface area contributed by atoms with Crippen LogP contribution < -0.4 is 10.1 Å². The van der Waals surface area contributed by atoms with Crippen LogP contribution in [0, 0.1) is 0 Å². The van der Waals surface area contributed by atoms with E-state index in [-0.39, 0.29) is 6.61 Å². The van der Waals surface area contributed by atoms with Crippen LogP contribution in [0.15, 0.2) is 30.3 Å². The van der Waals surface area contributed by atoms with Crippen molar-refractivity contribution in [3.63, 3.8) is 0 Å². The van der Waals surface area contributed by atoms with Crippen LogP contribution in [0.1, 0.15) is 25.5 Å². The molecule has 1 heterocycles. The lowest BCUT2D eigenvalue weighted by Gasteiger charge is -2.15. The van der Waals surface area contributed by atoms with Gasteiger partial charge in [0.05, 0.1) is 12.8 Å². The zero-order valence-electron chi connectivity index (χ0n) is 12.1. The van der Waals surface area contributed by atoms with Gasteiger partial charge < -0.3 is 15.2 Å². The molecule has 0 aliphatic heterocycles. The van der Waals surface area contributed by atoms with E-state index in [1.807, 2.05) is 24.3 Å². The Hall–Kier alpha value is -1.65. The second-order valence-electron chi connectivity index (χ2n) is 4.83. The van der Waals surface area contributed by atoms with E-state index < -0.39 is 0 Å². The Bertz CT molecular complexity index is 557. The van der Waals surface area contributed by atoms with Gasteiger partial charge in [-0.1, -0.05) is 25.1 Å². The summed E-state index contributed by atoms with van der Waals surface area (Å²) in [7, 11) is 1.66. The molecule has 4 heteroatoms. The third-order valence-electron chi connectivity index (χ3n) is 3.50. The van der Waals surface area contributed by atoms with Gasteiger partial charge in [0.1, 0.15) is 11.3 Å². The van der Waals surface area contributed by atoms with Crippen LogP contribution in [0.4, 0.5) is 0 Å². The van der Waals surface area contributed by atoms with Crippen LogP contribution >= 0.6 is 0 Å². The number of para-hydroxylation sites is 1. The molecule has 0 radical (unpaired) electrons. The van der Waals surface area contributed by atoms with Gasteiger partial charge in [-0.25, -0.2) is 4.98 Å². The lowest BCUT2D eigenvalue weighted by molar-refractivity contribution is 0.262. The van der Waals surface area contributed by atoms with Gasteiger partial charge in [-0.15, -0.1) is 0 Å². The summed E-state index contributed by atoms with van der Waals surface area (Å²) >= 11 is 0. The van der Waals surface area contributed by atoms with Crippen molar-refractivity contribution in [2.24, 2.45) is 0 Å². The van der Waals surface area contributed by atoms with Gasteiger partial charge in [0.2, 0.25) is 0 Å². The number of fused-ring (bicyclic) bond motifs is 1. The van der Waals surface area contributed by atoms with Crippen LogP contribution in [-0.4, -0.2) is 29.8 Å². The van der Waals surface area contributed by atoms with E-state index in [9.17, 15) is 0 Å². The predicted octanol–water partition coefficient (Wildman–Crippen LogP) is 2.49. The fraction of sp³-hybridized carbons (Fsp3) is 0.438. The van der Waals surface area contributed by atoms with Gasteiger partial charge in [-0.3, -0.25) is 0 Å². The summed E-state index contributed by atoms with van der Waals surface area (Å²) in [6.45, 7) is 3.03. The molecule has 1 atom stereocenters. The third kappa shape index (κ3) is 3.46. The summed E-state index contributed by atoms with van der Waals surface area (Å²) in [6.07, 6.45) is 1.77. The molecule has 1 aromatic carbocycles. The number of rotatable bonds is 7. The van der Waals surface area contributed by atoms with E-state index in [2.05, 4.69) is 23.3 Å². The first-order chi connectivity index (χ1) is 9.78. The minimum Gasteiger partial charge on any atom is -0.494 e. The highest BCUT2D eigenvalue weighted by molar-refractivity contribution is 5.84. The Balaban J connectivity index is 2.15. The number of nitrogens with zero attached hydrogens (tertiary/aromatic N) is 1. The molecule has 0 spiro atoms. The minimum atomic E-state index is 0.213. The first-order valence-corrected chi connectivity index (χ1v) is 7.05. The normalized spacial score (nSPS) is 12.6. The van der Waals surface area contributed by atoms with Crippen LogP contribution in [0.5, 0.6) is 5.75 Å². The van der Waals surface area contributed by atoms with Gasteiger partial charge in [0.15, 0.2) is 0 Å². The van der Waals surface area contributed by atoms with Crippen LogP contribution in [0.2, 0.25) is 0 Å². The Kier molecular flexibility index (Phi) is 5.32. The maximum atomic E-state index is 9.00. The lowest BCUT2D eigenvalue weighted by Crippen LogP contribution is -2.29. The largest absolute Gasteiger partial charge is 0.494 e. The van der Waals surface area contributed by atoms with E-state index >= 15 is 0 Å². The molecule has 108 valence electrons. The number of hydrogen-bond donors (Lipinski definition) is 2. The summed E-state index contributed by atoms with van der Waals surface area (Å²) < 4.78 is 5.35.